The van der Waals surface area contributed by atoms with Crippen LogP contribution in [0, 0.1) is 5.82 Å². The van der Waals surface area contributed by atoms with Crippen molar-refractivity contribution in [3.63, 3.8) is 0 Å². The maximum Gasteiger partial charge on any atom is 0.134 e. The first-order chi connectivity index (χ1) is 9.72. The van der Waals surface area contributed by atoms with Gasteiger partial charge in [-0.25, -0.2) is 4.39 Å². The second kappa shape index (κ2) is 5.23. The summed E-state index contributed by atoms with van der Waals surface area (Å²) >= 11 is 1.55. The van der Waals surface area contributed by atoms with Crippen LogP contribution in [0.1, 0.15) is 16.5 Å². The summed E-state index contributed by atoms with van der Waals surface area (Å²) < 4.78 is 19.2. The fourth-order valence-corrected chi connectivity index (χ4v) is 3.28. The Morgan fingerprint density at radius 3 is 2.60 bits per heavy atom. The molecule has 3 rings (SSSR count). The Balaban J connectivity index is 2.17. The number of fused-ring (bicyclic) bond motifs is 1. The molecule has 20 heavy (non-hydrogen) atoms. The fourth-order valence-electron chi connectivity index (χ4n) is 2.40. The summed E-state index contributed by atoms with van der Waals surface area (Å²) in [6, 6.07) is 12.2. The van der Waals surface area contributed by atoms with E-state index in [0.717, 1.165) is 21.6 Å². The second-order valence-electron chi connectivity index (χ2n) is 4.51. The van der Waals surface area contributed by atoms with Gasteiger partial charge in [0.1, 0.15) is 11.6 Å². The minimum Gasteiger partial charge on any atom is -0.496 e. The summed E-state index contributed by atoms with van der Waals surface area (Å²) in [7, 11) is 1.63. The third-order valence-corrected chi connectivity index (χ3v) is 4.38. The van der Waals surface area contributed by atoms with Crippen LogP contribution < -0.4 is 10.5 Å². The van der Waals surface area contributed by atoms with Crippen molar-refractivity contribution in [1.82, 2.24) is 0 Å². The van der Waals surface area contributed by atoms with E-state index in [0.29, 0.717) is 5.39 Å². The highest BCUT2D eigenvalue weighted by atomic mass is 32.1. The number of halogens is 1. The first kappa shape index (κ1) is 13.1. The van der Waals surface area contributed by atoms with Crippen molar-refractivity contribution in [2.75, 3.05) is 7.11 Å². The van der Waals surface area contributed by atoms with Crippen LogP contribution in [0.4, 0.5) is 4.39 Å². The number of benzene rings is 2. The standard InChI is InChI=1S/C16H14FNOS/c1-19-14-8-9-20-16(14)15(18)12-6-7-13(17)11-5-3-2-4-10(11)12/h2-9,15H,18H2,1H3. The van der Waals surface area contributed by atoms with E-state index in [9.17, 15) is 4.39 Å². The molecular weight excluding hydrogens is 273 g/mol. The van der Waals surface area contributed by atoms with Crippen molar-refractivity contribution in [2.24, 2.45) is 5.73 Å². The predicted molar refractivity (Wildman–Crippen MR) is 80.8 cm³/mol. The van der Waals surface area contributed by atoms with Gasteiger partial charge in [-0.3, -0.25) is 0 Å². The van der Waals surface area contributed by atoms with Crippen LogP contribution in [0.5, 0.6) is 5.75 Å². The highest BCUT2D eigenvalue weighted by molar-refractivity contribution is 7.10. The van der Waals surface area contributed by atoms with E-state index in [1.807, 2.05) is 29.6 Å². The Bertz CT molecular complexity index is 753. The van der Waals surface area contributed by atoms with E-state index in [1.54, 1.807) is 30.6 Å². The molecule has 2 aromatic carbocycles. The van der Waals surface area contributed by atoms with Crippen LogP contribution >= 0.6 is 11.3 Å². The topological polar surface area (TPSA) is 35.2 Å². The molecule has 0 bridgehead atoms. The van der Waals surface area contributed by atoms with E-state index in [1.165, 1.54) is 6.07 Å². The van der Waals surface area contributed by atoms with E-state index in [4.69, 9.17) is 10.5 Å². The van der Waals surface area contributed by atoms with Crippen LogP contribution in [0.2, 0.25) is 0 Å². The molecule has 2 N–H and O–H groups in total. The summed E-state index contributed by atoms with van der Waals surface area (Å²) in [6.07, 6.45) is 0. The van der Waals surface area contributed by atoms with Crippen molar-refractivity contribution >= 4 is 22.1 Å². The predicted octanol–water partition coefficient (Wildman–Crippen LogP) is 4.10. The zero-order valence-electron chi connectivity index (χ0n) is 11.0. The molecule has 3 aromatic rings. The Labute approximate surface area is 120 Å². The van der Waals surface area contributed by atoms with Gasteiger partial charge in [-0.1, -0.05) is 30.3 Å². The van der Waals surface area contributed by atoms with E-state index in [2.05, 4.69) is 0 Å². The first-order valence-electron chi connectivity index (χ1n) is 6.26. The molecule has 0 spiro atoms. The highest BCUT2D eigenvalue weighted by Gasteiger charge is 2.18. The Morgan fingerprint density at radius 1 is 1.10 bits per heavy atom. The quantitative estimate of drug-likeness (QED) is 0.787. The van der Waals surface area contributed by atoms with Crippen LogP contribution in [0.25, 0.3) is 10.8 Å². The Morgan fingerprint density at radius 2 is 1.85 bits per heavy atom. The zero-order valence-corrected chi connectivity index (χ0v) is 11.8. The van der Waals surface area contributed by atoms with E-state index in [-0.39, 0.29) is 11.9 Å². The molecule has 0 amide bonds. The number of rotatable bonds is 3. The first-order valence-corrected chi connectivity index (χ1v) is 7.14. The second-order valence-corrected chi connectivity index (χ2v) is 5.46. The van der Waals surface area contributed by atoms with Gasteiger partial charge in [0.05, 0.1) is 18.0 Å². The Kier molecular flexibility index (Phi) is 3.42. The lowest BCUT2D eigenvalue weighted by atomic mass is 9.98. The van der Waals surface area contributed by atoms with Gasteiger partial charge < -0.3 is 10.5 Å². The number of nitrogens with two attached hydrogens (primary N) is 1. The van der Waals surface area contributed by atoms with Gasteiger partial charge in [-0.15, -0.1) is 11.3 Å². The average molecular weight is 287 g/mol. The molecule has 2 nitrogen and oxygen atoms in total. The lowest BCUT2D eigenvalue weighted by Gasteiger charge is -2.15. The lowest BCUT2D eigenvalue weighted by molar-refractivity contribution is 0.411. The zero-order chi connectivity index (χ0) is 14.1. The maximum absolute atomic E-state index is 13.9. The molecular formula is C16H14FNOS. The molecule has 0 saturated carbocycles. The van der Waals surface area contributed by atoms with Crippen LogP contribution in [-0.2, 0) is 0 Å². The van der Waals surface area contributed by atoms with Gasteiger partial charge in [-0.05, 0) is 28.5 Å². The largest absolute Gasteiger partial charge is 0.496 e. The molecule has 1 heterocycles. The van der Waals surface area contributed by atoms with Crippen molar-refractivity contribution in [3.8, 4) is 5.75 Å². The van der Waals surface area contributed by atoms with Crippen molar-refractivity contribution in [3.05, 3.63) is 64.1 Å². The SMILES string of the molecule is COc1ccsc1C(N)c1ccc(F)c2ccccc12. The van der Waals surface area contributed by atoms with Gasteiger partial charge >= 0.3 is 0 Å². The molecule has 1 atom stereocenters. The van der Waals surface area contributed by atoms with E-state index >= 15 is 0 Å². The van der Waals surface area contributed by atoms with Crippen molar-refractivity contribution in [1.29, 1.82) is 0 Å². The van der Waals surface area contributed by atoms with Gasteiger partial charge in [0.25, 0.3) is 0 Å². The lowest BCUT2D eigenvalue weighted by Crippen LogP contribution is -2.12. The van der Waals surface area contributed by atoms with Crippen molar-refractivity contribution < 1.29 is 9.13 Å². The third kappa shape index (κ3) is 2.07. The molecule has 0 aliphatic carbocycles. The summed E-state index contributed by atoms with van der Waals surface area (Å²) in [5.74, 6) is 0.547. The normalized spacial score (nSPS) is 12.6. The number of methoxy groups -OCH3 is 1. The summed E-state index contributed by atoms with van der Waals surface area (Å²) in [4.78, 5) is 0.948. The minimum absolute atomic E-state index is 0.227. The summed E-state index contributed by atoms with van der Waals surface area (Å²) in [6.45, 7) is 0. The highest BCUT2D eigenvalue weighted by Crippen LogP contribution is 2.36. The van der Waals surface area contributed by atoms with Gasteiger partial charge in [0, 0.05) is 5.39 Å². The summed E-state index contributed by atoms with van der Waals surface area (Å²) in [5, 5.41) is 3.38. The van der Waals surface area contributed by atoms with Gasteiger partial charge in [0.2, 0.25) is 0 Å². The smallest absolute Gasteiger partial charge is 0.134 e. The van der Waals surface area contributed by atoms with E-state index < -0.39 is 0 Å². The van der Waals surface area contributed by atoms with Crippen LogP contribution in [0.15, 0.2) is 47.8 Å². The molecule has 0 radical (unpaired) electrons. The number of ether oxygens (including phenoxy) is 1. The van der Waals surface area contributed by atoms with Crippen LogP contribution in [0.3, 0.4) is 0 Å². The molecule has 0 aliphatic rings. The molecule has 1 unspecified atom stereocenters. The molecule has 1 aromatic heterocycles. The van der Waals surface area contributed by atoms with Gasteiger partial charge in [0.15, 0.2) is 0 Å². The monoisotopic (exact) mass is 287 g/mol. The minimum atomic E-state index is -0.324. The molecule has 0 aliphatic heterocycles. The number of hydrogen-bond acceptors (Lipinski definition) is 3. The fraction of sp³-hybridized carbons (Fsp3) is 0.125. The summed E-state index contributed by atoms with van der Waals surface area (Å²) in [5.41, 5.74) is 7.27. The van der Waals surface area contributed by atoms with Crippen molar-refractivity contribution in [2.45, 2.75) is 6.04 Å². The maximum atomic E-state index is 13.9. The number of hydrogen-bond donors (Lipinski definition) is 1. The number of thiophene rings is 1. The third-order valence-electron chi connectivity index (χ3n) is 3.40. The molecule has 0 saturated heterocycles. The van der Waals surface area contributed by atoms with Crippen LogP contribution in [-0.4, -0.2) is 7.11 Å². The Hall–Kier alpha value is -1.91. The molecule has 102 valence electrons. The molecule has 4 heteroatoms. The molecule has 0 fully saturated rings. The van der Waals surface area contributed by atoms with Gasteiger partial charge in [-0.2, -0.15) is 0 Å². The average Bonchev–Trinajstić information content (AvgIpc) is 2.96.